The molecule has 2 heterocycles. The Labute approximate surface area is 154 Å². The van der Waals surface area contributed by atoms with Gasteiger partial charge in [-0.05, 0) is 30.2 Å². The largest absolute Gasteiger partial charge is 0.481 e. The van der Waals surface area contributed by atoms with Gasteiger partial charge in [0.05, 0.1) is 11.2 Å². The van der Waals surface area contributed by atoms with Crippen molar-refractivity contribution in [3.05, 3.63) is 53.5 Å². The van der Waals surface area contributed by atoms with E-state index in [4.69, 9.17) is 17.3 Å². The molecule has 0 unspecified atom stereocenters. The van der Waals surface area contributed by atoms with Crippen LogP contribution in [0.15, 0.2) is 47.9 Å². The Morgan fingerprint density at radius 1 is 1.32 bits per heavy atom. The van der Waals surface area contributed by atoms with Crippen LogP contribution in [-0.2, 0) is 9.59 Å². The summed E-state index contributed by atoms with van der Waals surface area (Å²) in [4.78, 5) is 29.1. The monoisotopic (exact) mass is 373 g/mol. The third kappa shape index (κ3) is 4.15. The minimum Gasteiger partial charge on any atom is -0.481 e. The molecular weight excluding hydrogens is 358 g/mol. The second-order valence-corrected chi connectivity index (χ2v) is 7.07. The van der Waals surface area contributed by atoms with Gasteiger partial charge in [-0.3, -0.25) is 14.5 Å². The summed E-state index contributed by atoms with van der Waals surface area (Å²) in [5.41, 5.74) is 1.88. The van der Waals surface area contributed by atoms with Gasteiger partial charge in [-0.15, -0.1) is 0 Å². The Morgan fingerprint density at radius 2 is 2.08 bits per heavy atom. The molecule has 1 amide bonds. The van der Waals surface area contributed by atoms with Crippen molar-refractivity contribution < 1.29 is 14.7 Å². The number of carbonyl (C=O) groups is 2. The average Bonchev–Trinajstić information content (AvgIpc) is 3.20. The summed E-state index contributed by atoms with van der Waals surface area (Å²) in [5.74, 6) is -1.04. The van der Waals surface area contributed by atoms with E-state index in [1.807, 2.05) is 35.0 Å². The number of carbonyl (C=O) groups excluding carboxylic acids is 1. The molecule has 128 valence electrons. The highest BCUT2D eigenvalue weighted by atomic mass is 32.2. The predicted molar refractivity (Wildman–Crippen MR) is 100 cm³/mol. The molecule has 1 aliphatic rings. The maximum Gasteiger partial charge on any atom is 0.303 e. The number of hydrogen-bond donors (Lipinski definition) is 1. The first-order valence-corrected chi connectivity index (χ1v) is 8.82. The van der Waals surface area contributed by atoms with E-state index in [-0.39, 0.29) is 12.3 Å². The van der Waals surface area contributed by atoms with E-state index in [1.165, 1.54) is 16.7 Å². The summed E-state index contributed by atoms with van der Waals surface area (Å²) in [5, 5.41) is 8.70. The Hall–Kier alpha value is -2.45. The molecule has 1 aliphatic heterocycles. The van der Waals surface area contributed by atoms with E-state index in [9.17, 15) is 9.59 Å². The number of hydrogen-bond acceptors (Lipinski definition) is 5. The van der Waals surface area contributed by atoms with Gasteiger partial charge in [0.1, 0.15) is 4.32 Å². The fourth-order valence-corrected chi connectivity index (χ4v) is 3.70. The number of nitrogens with zero attached hydrogens (tertiary/aromatic N) is 3. The first kappa shape index (κ1) is 17.4. The van der Waals surface area contributed by atoms with Crippen molar-refractivity contribution in [2.45, 2.75) is 12.8 Å². The molecule has 0 spiro atoms. The maximum absolute atomic E-state index is 12.4. The van der Waals surface area contributed by atoms with E-state index in [1.54, 1.807) is 18.6 Å². The van der Waals surface area contributed by atoms with Crippen LogP contribution in [0.5, 0.6) is 0 Å². The average molecular weight is 373 g/mol. The lowest BCUT2D eigenvalue weighted by atomic mass is 10.2. The van der Waals surface area contributed by atoms with Crippen LogP contribution in [0.3, 0.4) is 0 Å². The second kappa shape index (κ2) is 7.62. The molecule has 0 radical (unpaired) electrons. The van der Waals surface area contributed by atoms with Crippen LogP contribution >= 0.6 is 24.0 Å². The van der Waals surface area contributed by atoms with Gasteiger partial charge in [0.25, 0.3) is 5.91 Å². The van der Waals surface area contributed by atoms with Gasteiger partial charge in [0.15, 0.2) is 0 Å². The van der Waals surface area contributed by atoms with Crippen molar-refractivity contribution in [2.24, 2.45) is 0 Å². The Morgan fingerprint density at radius 3 is 2.72 bits per heavy atom. The van der Waals surface area contributed by atoms with Crippen molar-refractivity contribution >= 4 is 46.3 Å². The molecule has 1 N–H and O–H groups in total. The zero-order chi connectivity index (χ0) is 17.8. The highest BCUT2D eigenvalue weighted by Gasteiger charge is 2.31. The molecule has 1 aromatic carbocycles. The SMILES string of the molecule is O=C(O)CCCN1C(=O)C(=Cc2ccc(-n3ccnc3)cc2)SC1=S. The molecule has 8 heteroatoms. The molecule has 1 saturated heterocycles. The number of aromatic nitrogens is 2. The molecule has 1 fully saturated rings. The number of carboxylic acid groups (broad SMARTS) is 1. The van der Waals surface area contributed by atoms with E-state index in [2.05, 4.69) is 4.98 Å². The van der Waals surface area contributed by atoms with E-state index < -0.39 is 5.97 Å². The number of thioether (sulfide) groups is 1. The fraction of sp³-hybridized carbons (Fsp3) is 0.176. The Balaban J connectivity index is 1.70. The van der Waals surface area contributed by atoms with E-state index >= 15 is 0 Å². The minimum atomic E-state index is -0.876. The van der Waals surface area contributed by atoms with Crippen LogP contribution in [0.25, 0.3) is 11.8 Å². The smallest absolute Gasteiger partial charge is 0.303 e. The zero-order valence-electron chi connectivity index (χ0n) is 13.2. The van der Waals surface area contributed by atoms with Gasteiger partial charge < -0.3 is 9.67 Å². The molecule has 0 aliphatic carbocycles. The lowest BCUT2D eigenvalue weighted by molar-refractivity contribution is -0.137. The molecule has 25 heavy (non-hydrogen) atoms. The van der Waals surface area contributed by atoms with Crippen LogP contribution in [-0.4, -0.2) is 42.3 Å². The van der Waals surface area contributed by atoms with E-state index in [0.717, 1.165) is 11.3 Å². The number of aliphatic carboxylic acids is 1. The second-order valence-electron chi connectivity index (χ2n) is 5.39. The van der Waals surface area contributed by atoms with E-state index in [0.29, 0.717) is 22.2 Å². The summed E-state index contributed by atoms with van der Waals surface area (Å²) < 4.78 is 2.36. The van der Waals surface area contributed by atoms with Crippen molar-refractivity contribution in [1.82, 2.24) is 14.5 Å². The Kier molecular flexibility index (Phi) is 5.30. The summed E-state index contributed by atoms with van der Waals surface area (Å²) >= 11 is 6.48. The zero-order valence-corrected chi connectivity index (χ0v) is 14.8. The number of rotatable bonds is 6. The standard InChI is InChI=1S/C17H15N3O3S2/c21-15(22)2-1-8-20-16(23)14(25-17(20)24)10-12-3-5-13(6-4-12)19-9-7-18-11-19/h3-7,9-11H,1-2,8H2,(H,21,22). The molecule has 3 rings (SSSR count). The lowest BCUT2D eigenvalue weighted by Crippen LogP contribution is -2.29. The van der Waals surface area contributed by atoms with Gasteiger partial charge in [-0.2, -0.15) is 0 Å². The molecule has 0 atom stereocenters. The highest BCUT2D eigenvalue weighted by molar-refractivity contribution is 8.26. The Bertz CT molecular complexity index is 829. The summed E-state index contributed by atoms with van der Waals surface area (Å²) in [6, 6.07) is 7.74. The van der Waals surface area contributed by atoms with Crippen molar-refractivity contribution in [3.8, 4) is 5.69 Å². The number of imidazole rings is 1. The van der Waals surface area contributed by atoms with Crippen LogP contribution in [0.2, 0.25) is 0 Å². The third-order valence-electron chi connectivity index (χ3n) is 3.64. The molecule has 2 aromatic rings. The molecular formula is C17H15N3O3S2. The maximum atomic E-state index is 12.4. The van der Waals surface area contributed by atoms with Crippen LogP contribution in [0.1, 0.15) is 18.4 Å². The van der Waals surface area contributed by atoms with Crippen LogP contribution in [0.4, 0.5) is 0 Å². The summed E-state index contributed by atoms with van der Waals surface area (Å²) in [6.45, 7) is 0.327. The minimum absolute atomic E-state index is 0.0197. The van der Waals surface area contributed by atoms with Crippen molar-refractivity contribution in [1.29, 1.82) is 0 Å². The van der Waals surface area contributed by atoms with Crippen LogP contribution < -0.4 is 0 Å². The number of benzene rings is 1. The highest BCUT2D eigenvalue weighted by Crippen LogP contribution is 2.32. The van der Waals surface area contributed by atoms with Gasteiger partial charge in [-0.1, -0.05) is 36.1 Å². The predicted octanol–water partition coefficient (Wildman–Crippen LogP) is 2.94. The fourth-order valence-electron chi connectivity index (χ4n) is 2.39. The summed E-state index contributed by atoms with van der Waals surface area (Å²) in [7, 11) is 0. The topological polar surface area (TPSA) is 75.4 Å². The third-order valence-corrected chi connectivity index (χ3v) is 5.02. The lowest BCUT2D eigenvalue weighted by Gasteiger charge is -2.13. The first-order chi connectivity index (χ1) is 12.0. The van der Waals surface area contributed by atoms with Crippen LogP contribution in [0, 0.1) is 0 Å². The normalized spacial score (nSPS) is 16.0. The molecule has 0 saturated carbocycles. The first-order valence-electron chi connectivity index (χ1n) is 7.60. The van der Waals surface area contributed by atoms with Gasteiger partial charge in [-0.25, -0.2) is 4.98 Å². The van der Waals surface area contributed by atoms with Gasteiger partial charge in [0, 0.05) is 31.0 Å². The number of carboxylic acids is 1. The number of thiocarbonyl (C=S) groups is 1. The van der Waals surface area contributed by atoms with Gasteiger partial charge >= 0.3 is 5.97 Å². The summed E-state index contributed by atoms with van der Waals surface area (Å²) in [6.07, 6.45) is 7.49. The quantitative estimate of drug-likeness (QED) is 0.620. The molecule has 6 nitrogen and oxygen atoms in total. The van der Waals surface area contributed by atoms with Crippen molar-refractivity contribution in [3.63, 3.8) is 0 Å². The molecule has 1 aromatic heterocycles. The molecule has 0 bridgehead atoms. The van der Waals surface area contributed by atoms with Gasteiger partial charge in [0.2, 0.25) is 0 Å². The number of amides is 1. The van der Waals surface area contributed by atoms with Crippen molar-refractivity contribution in [2.75, 3.05) is 6.54 Å².